The minimum absolute atomic E-state index is 0.934. The predicted molar refractivity (Wildman–Crippen MR) is 85.8 cm³/mol. The van der Waals surface area contributed by atoms with Crippen LogP contribution in [-0.2, 0) is 0 Å². The Bertz CT molecular complexity index is 792. The molecule has 0 radical (unpaired) electrons. The second-order valence-corrected chi connectivity index (χ2v) is 6.14. The number of aromatic nitrogens is 4. The van der Waals surface area contributed by atoms with Crippen LogP contribution in [0.15, 0.2) is 41.1 Å². The van der Waals surface area contributed by atoms with Crippen molar-refractivity contribution in [3.05, 3.63) is 41.1 Å². The molecule has 0 amide bonds. The van der Waals surface area contributed by atoms with E-state index in [2.05, 4.69) is 54.3 Å². The van der Waals surface area contributed by atoms with E-state index in [-0.39, 0.29) is 0 Å². The molecule has 0 N–H and O–H groups in total. The molecule has 1 fully saturated rings. The number of benzene rings is 1. The van der Waals surface area contributed by atoms with E-state index in [1.165, 1.54) is 12.8 Å². The SMILES string of the molecule is Brc1ccc2cnn(-c3cnnc(N4CCCC4)c3)c2c1. The molecule has 1 aromatic carbocycles. The van der Waals surface area contributed by atoms with Gasteiger partial charge in [-0.15, -0.1) is 5.10 Å². The van der Waals surface area contributed by atoms with Crippen molar-refractivity contribution in [1.29, 1.82) is 0 Å². The van der Waals surface area contributed by atoms with Crippen LogP contribution in [0.4, 0.5) is 5.82 Å². The van der Waals surface area contributed by atoms with Gasteiger partial charge in [-0.25, -0.2) is 4.68 Å². The first-order chi connectivity index (χ1) is 10.3. The van der Waals surface area contributed by atoms with Gasteiger partial charge in [0.25, 0.3) is 0 Å². The lowest BCUT2D eigenvalue weighted by Crippen LogP contribution is -2.19. The molecular formula is C15H14BrN5. The van der Waals surface area contributed by atoms with Gasteiger partial charge in [0.2, 0.25) is 0 Å². The Kier molecular flexibility index (Phi) is 3.11. The summed E-state index contributed by atoms with van der Waals surface area (Å²) in [6.07, 6.45) is 6.08. The first-order valence-electron chi connectivity index (χ1n) is 7.02. The van der Waals surface area contributed by atoms with Crippen molar-refractivity contribution in [3.63, 3.8) is 0 Å². The van der Waals surface area contributed by atoms with Crippen LogP contribution >= 0.6 is 15.9 Å². The molecule has 6 heteroatoms. The summed E-state index contributed by atoms with van der Waals surface area (Å²) in [5.74, 6) is 0.934. The molecule has 0 atom stereocenters. The summed E-state index contributed by atoms with van der Waals surface area (Å²) in [6.45, 7) is 2.12. The number of hydrogen-bond acceptors (Lipinski definition) is 4. The monoisotopic (exact) mass is 343 g/mol. The molecule has 0 bridgehead atoms. The van der Waals surface area contributed by atoms with Gasteiger partial charge in [0.15, 0.2) is 5.82 Å². The van der Waals surface area contributed by atoms with Crippen molar-refractivity contribution in [3.8, 4) is 5.69 Å². The van der Waals surface area contributed by atoms with Crippen LogP contribution in [0.3, 0.4) is 0 Å². The van der Waals surface area contributed by atoms with Crippen LogP contribution in [0, 0.1) is 0 Å². The number of rotatable bonds is 2. The lowest BCUT2D eigenvalue weighted by molar-refractivity contribution is 0.854. The zero-order chi connectivity index (χ0) is 14.2. The Morgan fingerprint density at radius 2 is 1.90 bits per heavy atom. The van der Waals surface area contributed by atoms with Gasteiger partial charge >= 0.3 is 0 Å². The zero-order valence-electron chi connectivity index (χ0n) is 11.4. The number of halogens is 1. The highest BCUT2D eigenvalue weighted by Gasteiger charge is 2.15. The Labute approximate surface area is 130 Å². The predicted octanol–water partition coefficient (Wildman–Crippen LogP) is 3.18. The molecule has 3 aromatic rings. The lowest BCUT2D eigenvalue weighted by atomic mass is 10.2. The van der Waals surface area contributed by atoms with Crippen LogP contribution in [0.5, 0.6) is 0 Å². The molecule has 21 heavy (non-hydrogen) atoms. The van der Waals surface area contributed by atoms with E-state index in [9.17, 15) is 0 Å². The van der Waals surface area contributed by atoms with Crippen molar-refractivity contribution in [2.45, 2.75) is 12.8 Å². The molecule has 5 nitrogen and oxygen atoms in total. The summed E-state index contributed by atoms with van der Waals surface area (Å²) >= 11 is 3.51. The number of nitrogens with zero attached hydrogens (tertiary/aromatic N) is 5. The van der Waals surface area contributed by atoms with Crippen molar-refractivity contribution in [2.75, 3.05) is 18.0 Å². The van der Waals surface area contributed by atoms with Gasteiger partial charge in [-0.2, -0.15) is 10.2 Å². The van der Waals surface area contributed by atoms with Gasteiger partial charge in [-0.05, 0) is 25.0 Å². The topological polar surface area (TPSA) is 46.8 Å². The molecule has 1 aliphatic heterocycles. The zero-order valence-corrected chi connectivity index (χ0v) is 13.0. The molecule has 4 rings (SSSR count). The highest BCUT2D eigenvalue weighted by molar-refractivity contribution is 9.10. The molecule has 106 valence electrons. The minimum atomic E-state index is 0.934. The van der Waals surface area contributed by atoms with Gasteiger partial charge in [-0.3, -0.25) is 0 Å². The minimum Gasteiger partial charge on any atom is -0.355 e. The van der Waals surface area contributed by atoms with Crippen LogP contribution in [0.25, 0.3) is 16.6 Å². The molecule has 2 aromatic heterocycles. The van der Waals surface area contributed by atoms with Gasteiger partial charge in [0.05, 0.1) is 23.6 Å². The summed E-state index contributed by atoms with van der Waals surface area (Å²) in [5, 5.41) is 14.0. The smallest absolute Gasteiger partial charge is 0.153 e. The lowest BCUT2D eigenvalue weighted by Gasteiger charge is -2.16. The third kappa shape index (κ3) is 2.29. The van der Waals surface area contributed by atoms with E-state index in [0.717, 1.165) is 40.0 Å². The van der Waals surface area contributed by atoms with Crippen LogP contribution in [0.1, 0.15) is 12.8 Å². The van der Waals surface area contributed by atoms with Crippen LogP contribution < -0.4 is 4.90 Å². The summed E-state index contributed by atoms with van der Waals surface area (Å²) in [6, 6.07) is 8.21. The van der Waals surface area contributed by atoms with E-state index < -0.39 is 0 Å². The molecule has 3 heterocycles. The van der Waals surface area contributed by atoms with Crippen molar-refractivity contribution < 1.29 is 0 Å². The standard InChI is InChI=1S/C15H14BrN5/c16-12-4-3-11-9-18-21(14(11)7-12)13-8-15(19-17-10-13)20-5-1-2-6-20/h3-4,7-10H,1-2,5-6H2. The summed E-state index contributed by atoms with van der Waals surface area (Å²) in [7, 11) is 0. The highest BCUT2D eigenvalue weighted by Crippen LogP contribution is 2.24. The number of fused-ring (bicyclic) bond motifs is 1. The summed E-state index contributed by atoms with van der Waals surface area (Å²) < 4.78 is 2.95. The maximum atomic E-state index is 4.48. The Balaban J connectivity index is 1.81. The maximum Gasteiger partial charge on any atom is 0.153 e. The normalized spacial score (nSPS) is 15.0. The fourth-order valence-corrected chi connectivity index (χ4v) is 3.11. The van der Waals surface area contributed by atoms with E-state index in [4.69, 9.17) is 0 Å². The van der Waals surface area contributed by atoms with Crippen molar-refractivity contribution in [2.24, 2.45) is 0 Å². The summed E-state index contributed by atoms with van der Waals surface area (Å²) in [4.78, 5) is 2.28. The third-order valence-electron chi connectivity index (χ3n) is 3.83. The van der Waals surface area contributed by atoms with E-state index in [1.807, 2.05) is 16.9 Å². The highest BCUT2D eigenvalue weighted by atomic mass is 79.9. The molecule has 0 unspecified atom stereocenters. The molecular weight excluding hydrogens is 330 g/mol. The fraction of sp³-hybridized carbons (Fsp3) is 0.267. The second-order valence-electron chi connectivity index (χ2n) is 5.23. The average Bonchev–Trinajstić information content (AvgIpc) is 3.16. The Morgan fingerprint density at radius 1 is 1.05 bits per heavy atom. The quantitative estimate of drug-likeness (QED) is 0.716. The van der Waals surface area contributed by atoms with Gasteiger partial charge in [0, 0.05) is 29.0 Å². The Morgan fingerprint density at radius 3 is 2.76 bits per heavy atom. The molecule has 1 aliphatic rings. The third-order valence-corrected chi connectivity index (χ3v) is 4.33. The fourth-order valence-electron chi connectivity index (χ4n) is 2.76. The molecule has 0 saturated carbocycles. The second kappa shape index (κ2) is 5.11. The average molecular weight is 344 g/mol. The van der Waals surface area contributed by atoms with E-state index in [1.54, 1.807) is 6.20 Å². The maximum absolute atomic E-state index is 4.48. The number of anilines is 1. The summed E-state index contributed by atoms with van der Waals surface area (Å²) in [5.41, 5.74) is 2.00. The van der Waals surface area contributed by atoms with Crippen molar-refractivity contribution >= 4 is 32.7 Å². The van der Waals surface area contributed by atoms with Crippen LogP contribution in [0.2, 0.25) is 0 Å². The molecule has 0 spiro atoms. The van der Waals surface area contributed by atoms with E-state index in [0.29, 0.717) is 0 Å². The van der Waals surface area contributed by atoms with Crippen molar-refractivity contribution in [1.82, 2.24) is 20.0 Å². The van der Waals surface area contributed by atoms with Crippen LogP contribution in [-0.4, -0.2) is 33.1 Å². The van der Waals surface area contributed by atoms with Gasteiger partial charge in [0.1, 0.15) is 0 Å². The van der Waals surface area contributed by atoms with E-state index >= 15 is 0 Å². The van der Waals surface area contributed by atoms with Gasteiger partial charge < -0.3 is 4.90 Å². The first-order valence-corrected chi connectivity index (χ1v) is 7.82. The molecule has 1 saturated heterocycles. The number of hydrogen-bond donors (Lipinski definition) is 0. The van der Waals surface area contributed by atoms with Gasteiger partial charge in [-0.1, -0.05) is 22.0 Å². The Hall–Kier alpha value is -1.95. The first kappa shape index (κ1) is 12.8. The largest absolute Gasteiger partial charge is 0.355 e. The molecule has 0 aliphatic carbocycles.